The molecule has 7 heteroatoms. The van der Waals surface area contributed by atoms with E-state index in [1.165, 1.54) is 0 Å². The summed E-state index contributed by atoms with van der Waals surface area (Å²) < 4.78 is 5.03. The maximum Gasteiger partial charge on any atom is 0.308 e. The average Bonchev–Trinajstić information content (AvgIpc) is 2.97. The van der Waals surface area contributed by atoms with Gasteiger partial charge in [0.25, 0.3) is 5.91 Å². The Morgan fingerprint density at radius 1 is 1.29 bits per heavy atom. The lowest BCUT2D eigenvalue weighted by atomic mass is 9.86. The number of hydrogen-bond acceptors (Lipinski definition) is 5. The molecule has 1 aliphatic carbocycles. The second-order valence-electron chi connectivity index (χ2n) is 5.23. The zero-order valence-corrected chi connectivity index (χ0v) is 12.5. The Labute approximate surface area is 123 Å². The van der Waals surface area contributed by atoms with Crippen LogP contribution in [0.4, 0.5) is 0 Å². The number of hydrogen-bond donors (Lipinski definition) is 2. The van der Waals surface area contributed by atoms with Gasteiger partial charge in [-0.05, 0) is 32.6 Å². The molecule has 1 aliphatic rings. The van der Waals surface area contributed by atoms with Crippen LogP contribution in [0.5, 0.6) is 0 Å². The van der Waals surface area contributed by atoms with Gasteiger partial charge in [0.05, 0.1) is 12.5 Å². The van der Waals surface area contributed by atoms with Gasteiger partial charge in [0.15, 0.2) is 0 Å². The van der Waals surface area contributed by atoms with Crippen molar-refractivity contribution < 1.29 is 14.3 Å². The Bertz CT molecular complexity index is 492. The molecule has 0 unspecified atom stereocenters. The van der Waals surface area contributed by atoms with E-state index in [9.17, 15) is 9.59 Å². The number of aromatic nitrogens is 3. The summed E-state index contributed by atoms with van der Waals surface area (Å²) in [5.41, 5.74) is 0. The first-order valence-corrected chi connectivity index (χ1v) is 7.52. The average molecular weight is 294 g/mol. The van der Waals surface area contributed by atoms with Crippen molar-refractivity contribution in [1.29, 1.82) is 0 Å². The van der Waals surface area contributed by atoms with Gasteiger partial charge in [-0.2, -0.15) is 0 Å². The third-order valence-electron chi connectivity index (χ3n) is 3.75. The third kappa shape index (κ3) is 4.03. The van der Waals surface area contributed by atoms with Crippen LogP contribution in [0.15, 0.2) is 0 Å². The monoisotopic (exact) mass is 294 g/mol. The highest BCUT2D eigenvalue weighted by Gasteiger charge is 2.28. The van der Waals surface area contributed by atoms with Crippen LogP contribution in [0.1, 0.15) is 56.0 Å². The molecular formula is C14H22N4O3. The normalized spacial score (nSPS) is 21.8. The van der Waals surface area contributed by atoms with E-state index in [4.69, 9.17) is 4.74 Å². The molecule has 1 aromatic rings. The number of nitrogens with zero attached hydrogens (tertiary/aromatic N) is 2. The minimum atomic E-state index is -0.259. The van der Waals surface area contributed by atoms with Crippen LogP contribution in [0, 0.1) is 5.92 Å². The number of H-pyrrole nitrogens is 1. The lowest BCUT2D eigenvalue weighted by Crippen LogP contribution is -2.39. The summed E-state index contributed by atoms with van der Waals surface area (Å²) in [5, 5.41) is 9.55. The van der Waals surface area contributed by atoms with Crippen molar-refractivity contribution in [3.8, 4) is 0 Å². The number of amides is 1. The number of carbonyl (C=O) groups excluding carboxylic acids is 2. The number of nitrogens with one attached hydrogen (secondary N) is 2. The molecule has 2 N–H and O–H groups in total. The summed E-state index contributed by atoms with van der Waals surface area (Å²) in [6, 6.07) is 0.0757. The van der Waals surface area contributed by atoms with Crippen molar-refractivity contribution in [2.45, 2.75) is 52.0 Å². The van der Waals surface area contributed by atoms with Crippen molar-refractivity contribution >= 4 is 11.9 Å². The molecule has 0 saturated heterocycles. The van der Waals surface area contributed by atoms with Gasteiger partial charge in [-0.1, -0.05) is 6.92 Å². The second-order valence-corrected chi connectivity index (χ2v) is 5.23. The number of aryl methyl sites for hydroxylation is 1. The molecule has 2 rings (SSSR count). The predicted octanol–water partition coefficient (Wildman–Crippen LogP) is 1.22. The van der Waals surface area contributed by atoms with Gasteiger partial charge in [-0.15, -0.1) is 5.10 Å². The van der Waals surface area contributed by atoms with E-state index in [1.54, 1.807) is 0 Å². The van der Waals surface area contributed by atoms with Gasteiger partial charge in [-0.25, -0.2) is 4.98 Å². The molecule has 0 atom stereocenters. The Balaban J connectivity index is 1.80. The molecule has 0 radical (unpaired) electrons. The molecule has 0 spiro atoms. The van der Waals surface area contributed by atoms with Crippen LogP contribution in [0.2, 0.25) is 0 Å². The summed E-state index contributed by atoms with van der Waals surface area (Å²) in [4.78, 5) is 27.8. The lowest BCUT2D eigenvalue weighted by molar-refractivity contribution is -0.149. The minimum Gasteiger partial charge on any atom is -0.466 e. The number of ether oxygens (including phenoxy) is 1. The Kier molecular flexibility index (Phi) is 5.30. The quantitative estimate of drug-likeness (QED) is 0.796. The van der Waals surface area contributed by atoms with Gasteiger partial charge in [-0.3, -0.25) is 14.7 Å². The van der Waals surface area contributed by atoms with E-state index in [1.807, 2.05) is 13.8 Å². The smallest absolute Gasteiger partial charge is 0.308 e. The SMILES string of the molecule is CCOC(=O)C1CCC(NC(=O)c2n[nH]c(CC)n2)CC1. The van der Waals surface area contributed by atoms with Gasteiger partial charge in [0.2, 0.25) is 5.82 Å². The first kappa shape index (κ1) is 15.5. The number of carbonyl (C=O) groups is 2. The van der Waals surface area contributed by atoms with Gasteiger partial charge in [0.1, 0.15) is 5.82 Å². The zero-order chi connectivity index (χ0) is 15.2. The summed E-state index contributed by atoms with van der Waals surface area (Å²) >= 11 is 0. The van der Waals surface area contributed by atoms with E-state index in [2.05, 4.69) is 20.5 Å². The molecule has 1 aromatic heterocycles. The standard InChI is InChI=1S/C14H22N4O3/c1-3-11-16-12(18-17-11)13(19)15-10-7-5-9(6-8-10)14(20)21-4-2/h9-10H,3-8H2,1-2H3,(H,15,19)(H,16,17,18). The highest BCUT2D eigenvalue weighted by Crippen LogP contribution is 2.25. The first-order chi connectivity index (χ1) is 10.1. The number of esters is 1. The minimum absolute atomic E-state index is 0.0340. The Morgan fingerprint density at radius 3 is 2.57 bits per heavy atom. The predicted molar refractivity (Wildman–Crippen MR) is 75.6 cm³/mol. The van der Waals surface area contributed by atoms with Crippen molar-refractivity contribution in [2.24, 2.45) is 5.92 Å². The van der Waals surface area contributed by atoms with E-state index >= 15 is 0 Å². The van der Waals surface area contributed by atoms with Crippen LogP contribution in [-0.4, -0.2) is 39.7 Å². The molecule has 0 aliphatic heterocycles. The van der Waals surface area contributed by atoms with E-state index in [0.717, 1.165) is 25.7 Å². The van der Waals surface area contributed by atoms with Crippen molar-refractivity contribution in [3.05, 3.63) is 11.6 Å². The summed E-state index contributed by atoms with van der Waals surface area (Å²) in [7, 11) is 0. The number of aromatic amines is 1. The summed E-state index contributed by atoms with van der Waals surface area (Å²) in [5.74, 6) is 0.466. The maximum atomic E-state index is 12.0. The highest BCUT2D eigenvalue weighted by molar-refractivity contribution is 5.90. The first-order valence-electron chi connectivity index (χ1n) is 7.52. The molecule has 1 saturated carbocycles. The third-order valence-corrected chi connectivity index (χ3v) is 3.75. The van der Waals surface area contributed by atoms with Gasteiger partial charge >= 0.3 is 5.97 Å². The molecule has 0 aromatic carbocycles. The fourth-order valence-corrected chi connectivity index (χ4v) is 2.54. The fourth-order valence-electron chi connectivity index (χ4n) is 2.54. The molecule has 1 fully saturated rings. The molecular weight excluding hydrogens is 272 g/mol. The van der Waals surface area contributed by atoms with Crippen molar-refractivity contribution in [3.63, 3.8) is 0 Å². The van der Waals surface area contributed by atoms with Crippen LogP contribution in [-0.2, 0) is 16.0 Å². The van der Waals surface area contributed by atoms with E-state index < -0.39 is 0 Å². The van der Waals surface area contributed by atoms with Gasteiger partial charge < -0.3 is 10.1 Å². The van der Waals surface area contributed by atoms with Crippen LogP contribution < -0.4 is 5.32 Å². The molecule has 1 heterocycles. The van der Waals surface area contributed by atoms with Crippen LogP contribution in [0.25, 0.3) is 0 Å². The topological polar surface area (TPSA) is 97.0 Å². The zero-order valence-electron chi connectivity index (χ0n) is 12.5. The molecule has 21 heavy (non-hydrogen) atoms. The van der Waals surface area contributed by atoms with Crippen LogP contribution >= 0.6 is 0 Å². The summed E-state index contributed by atoms with van der Waals surface area (Å²) in [6.45, 7) is 4.17. The second kappa shape index (κ2) is 7.19. The van der Waals surface area contributed by atoms with E-state index in [-0.39, 0.29) is 29.7 Å². The summed E-state index contributed by atoms with van der Waals surface area (Å²) in [6.07, 6.45) is 3.77. The fraction of sp³-hybridized carbons (Fsp3) is 0.714. The molecule has 1 amide bonds. The number of rotatable bonds is 5. The lowest BCUT2D eigenvalue weighted by Gasteiger charge is -2.27. The van der Waals surface area contributed by atoms with Crippen molar-refractivity contribution in [2.75, 3.05) is 6.61 Å². The molecule has 116 valence electrons. The van der Waals surface area contributed by atoms with Crippen LogP contribution in [0.3, 0.4) is 0 Å². The highest BCUT2D eigenvalue weighted by atomic mass is 16.5. The van der Waals surface area contributed by atoms with Gasteiger partial charge in [0, 0.05) is 12.5 Å². The van der Waals surface area contributed by atoms with Crippen molar-refractivity contribution in [1.82, 2.24) is 20.5 Å². The maximum absolute atomic E-state index is 12.0. The van der Waals surface area contributed by atoms with E-state index in [0.29, 0.717) is 18.9 Å². The Hall–Kier alpha value is -1.92. The Morgan fingerprint density at radius 2 is 2.00 bits per heavy atom. The molecule has 7 nitrogen and oxygen atoms in total. The molecule has 0 bridgehead atoms. The largest absolute Gasteiger partial charge is 0.466 e.